The number of rotatable bonds is 1. The Bertz CT molecular complexity index is 371. The fourth-order valence-electron chi connectivity index (χ4n) is 1.12. The highest BCUT2D eigenvalue weighted by atomic mass is 16.1. The average molecular weight is 161 g/mol. The predicted octanol–water partition coefficient (Wildman–Crippen LogP) is 0.439. The van der Waals surface area contributed by atoms with Crippen molar-refractivity contribution in [3.8, 4) is 0 Å². The number of carbonyl (C=O) groups is 1. The molecule has 0 unspecified atom stereocenters. The van der Waals surface area contributed by atoms with Gasteiger partial charge in [0, 0.05) is 18.8 Å². The Morgan fingerprint density at radius 2 is 2.42 bits per heavy atom. The Labute approximate surface area is 69.1 Å². The van der Waals surface area contributed by atoms with E-state index in [1.54, 1.807) is 12.3 Å². The van der Waals surface area contributed by atoms with E-state index in [-0.39, 0.29) is 0 Å². The highest BCUT2D eigenvalue weighted by molar-refractivity contribution is 5.94. The van der Waals surface area contributed by atoms with Crippen LogP contribution in [0.4, 0.5) is 5.69 Å². The molecule has 1 aliphatic rings. The van der Waals surface area contributed by atoms with Gasteiger partial charge in [-0.2, -0.15) is 0 Å². The minimum atomic E-state index is -0.465. The van der Waals surface area contributed by atoms with Crippen molar-refractivity contribution >= 4 is 17.8 Å². The van der Waals surface area contributed by atoms with E-state index in [0.29, 0.717) is 5.56 Å². The first-order valence-corrected chi connectivity index (χ1v) is 3.58. The van der Waals surface area contributed by atoms with E-state index >= 15 is 0 Å². The lowest BCUT2D eigenvalue weighted by Crippen LogP contribution is -2.11. The first kappa shape index (κ1) is 6.97. The number of nitrogens with two attached hydrogens (primary N) is 1. The molecule has 4 nitrogen and oxygen atoms in total. The maximum Gasteiger partial charge on any atom is 0.250 e. The minimum Gasteiger partial charge on any atom is -0.366 e. The predicted molar refractivity (Wildman–Crippen MR) is 44.6 cm³/mol. The molecule has 1 aliphatic heterocycles. The van der Waals surface area contributed by atoms with Crippen LogP contribution in [0.2, 0.25) is 0 Å². The number of carbonyl (C=O) groups excluding carboxylic acids is 1. The van der Waals surface area contributed by atoms with Gasteiger partial charge < -0.3 is 5.73 Å². The number of hydrogen-bond acceptors (Lipinski definition) is 3. The molecule has 0 atom stereocenters. The Morgan fingerprint density at radius 3 is 3.17 bits per heavy atom. The summed E-state index contributed by atoms with van der Waals surface area (Å²) in [6, 6.07) is 1.66. The van der Waals surface area contributed by atoms with Crippen LogP contribution in [-0.4, -0.2) is 17.1 Å². The van der Waals surface area contributed by atoms with Crippen molar-refractivity contribution in [2.24, 2.45) is 10.7 Å². The number of nitrogens with zero attached hydrogens (tertiary/aromatic N) is 2. The summed E-state index contributed by atoms with van der Waals surface area (Å²) in [5, 5.41) is 0. The molecule has 0 fully saturated rings. The summed E-state index contributed by atoms with van der Waals surface area (Å²) in [5.74, 6) is -0.465. The molecule has 0 radical (unpaired) electrons. The van der Waals surface area contributed by atoms with E-state index in [2.05, 4.69) is 9.98 Å². The van der Waals surface area contributed by atoms with Crippen LogP contribution < -0.4 is 5.73 Å². The lowest BCUT2D eigenvalue weighted by atomic mass is 10.2. The molecular weight excluding hydrogens is 154 g/mol. The topological polar surface area (TPSA) is 68.3 Å². The first-order valence-electron chi connectivity index (χ1n) is 3.58. The van der Waals surface area contributed by atoms with Gasteiger partial charge in [0.2, 0.25) is 5.91 Å². The van der Waals surface area contributed by atoms with Gasteiger partial charge in [0.15, 0.2) is 0 Å². The third kappa shape index (κ3) is 0.972. The van der Waals surface area contributed by atoms with Crippen molar-refractivity contribution in [2.45, 2.75) is 6.42 Å². The number of amides is 1. The molecule has 0 bridgehead atoms. The SMILES string of the molecule is NC(=O)c1cnc2c(c1)N=CC2. The summed E-state index contributed by atoms with van der Waals surface area (Å²) in [7, 11) is 0. The standard InChI is InChI=1S/C8H7N3O/c9-8(12)5-3-7-6(11-4-5)1-2-10-7/h2-4H,1H2,(H2,9,12). The first-order chi connectivity index (χ1) is 5.77. The number of primary amides is 1. The molecule has 0 aliphatic carbocycles. The number of fused-ring (bicyclic) bond motifs is 1. The van der Waals surface area contributed by atoms with Crippen molar-refractivity contribution in [1.82, 2.24) is 4.98 Å². The van der Waals surface area contributed by atoms with Gasteiger partial charge in [0.05, 0.1) is 16.9 Å². The summed E-state index contributed by atoms with van der Waals surface area (Å²) in [6.07, 6.45) is 3.99. The number of hydrogen-bond donors (Lipinski definition) is 1. The number of pyridine rings is 1. The second-order valence-corrected chi connectivity index (χ2v) is 2.57. The van der Waals surface area contributed by atoms with E-state index in [4.69, 9.17) is 5.73 Å². The number of aromatic nitrogens is 1. The van der Waals surface area contributed by atoms with E-state index in [9.17, 15) is 4.79 Å². The van der Waals surface area contributed by atoms with Gasteiger partial charge in [-0.3, -0.25) is 14.8 Å². The Balaban J connectivity index is 2.51. The Kier molecular flexibility index (Phi) is 1.40. The molecule has 0 aromatic carbocycles. The van der Waals surface area contributed by atoms with Crippen LogP contribution in [0.5, 0.6) is 0 Å². The smallest absolute Gasteiger partial charge is 0.250 e. The lowest BCUT2D eigenvalue weighted by Gasteiger charge is -1.97. The summed E-state index contributed by atoms with van der Waals surface area (Å²) >= 11 is 0. The fourth-order valence-corrected chi connectivity index (χ4v) is 1.12. The van der Waals surface area contributed by atoms with Gasteiger partial charge in [-0.15, -0.1) is 0 Å². The van der Waals surface area contributed by atoms with Crippen LogP contribution >= 0.6 is 0 Å². The zero-order valence-corrected chi connectivity index (χ0v) is 6.32. The van der Waals surface area contributed by atoms with Gasteiger partial charge in [0.1, 0.15) is 0 Å². The third-order valence-corrected chi connectivity index (χ3v) is 1.75. The van der Waals surface area contributed by atoms with E-state index in [1.807, 2.05) is 0 Å². The maximum absolute atomic E-state index is 10.7. The average Bonchev–Trinajstić information content (AvgIpc) is 2.49. The summed E-state index contributed by atoms with van der Waals surface area (Å²) in [4.78, 5) is 18.8. The second-order valence-electron chi connectivity index (χ2n) is 2.57. The van der Waals surface area contributed by atoms with Gasteiger partial charge in [-0.25, -0.2) is 0 Å². The fraction of sp³-hybridized carbons (Fsp3) is 0.125. The normalized spacial score (nSPS) is 13.0. The minimum absolute atomic E-state index is 0.410. The van der Waals surface area contributed by atoms with E-state index < -0.39 is 5.91 Å². The Hall–Kier alpha value is -1.71. The highest BCUT2D eigenvalue weighted by Crippen LogP contribution is 2.22. The van der Waals surface area contributed by atoms with Crippen LogP contribution in [0.3, 0.4) is 0 Å². The van der Waals surface area contributed by atoms with Gasteiger partial charge in [-0.1, -0.05) is 0 Å². The molecule has 12 heavy (non-hydrogen) atoms. The zero-order valence-electron chi connectivity index (χ0n) is 6.32. The molecule has 4 heteroatoms. The van der Waals surface area contributed by atoms with Crippen LogP contribution in [0.1, 0.15) is 16.1 Å². The molecule has 2 heterocycles. The maximum atomic E-state index is 10.7. The van der Waals surface area contributed by atoms with Crippen molar-refractivity contribution in [1.29, 1.82) is 0 Å². The van der Waals surface area contributed by atoms with Gasteiger partial charge in [-0.05, 0) is 6.07 Å². The molecule has 1 aromatic heterocycles. The van der Waals surface area contributed by atoms with Crippen LogP contribution in [-0.2, 0) is 6.42 Å². The molecular formula is C8H7N3O. The largest absolute Gasteiger partial charge is 0.366 e. The molecule has 0 saturated carbocycles. The molecule has 0 spiro atoms. The van der Waals surface area contributed by atoms with Crippen LogP contribution in [0.15, 0.2) is 17.3 Å². The van der Waals surface area contributed by atoms with E-state index in [1.165, 1.54) is 6.20 Å². The highest BCUT2D eigenvalue weighted by Gasteiger charge is 2.10. The van der Waals surface area contributed by atoms with Crippen LogP contribution in [0, 0.1) is 0 Å². The van der Waals surface area contributed by atoms with Crippen molar-refractivity contribution in [3.05, 3.63) is 23.5 Å². The molecule has 2 rings (SSSR count). The van der Waals surface area contributed by atoms with Gasteiger partial charge >= 0.3 is 0 Å². The quantitative estimate of drug-likeness (QED) is 0.649. The van der Waals surface area contributed by atoms with E-state index in [0.717, 1.165) is 17.8 Å². The monoisotopic (exact) mass is 161 g/mol. The molecule has 1 amide bonds. The molecule has 60 valence electrons. The van der Waals surface area contributed by atoms with Crippen LogP contribution in [0.25, 0.3) is 0 Å². The molecule has 2 N–H and O–H groups in total. The zero-order chi connectivity index (χ0) is 8.55. The summed E-state index contributed by atoms with van der Waals surface area (Å²) < 4.78 is 0. The third-order valence-electron chi connectivity index (χ3n) is 1.75. The van der Waals surface area contributed by atoms with Crippen molar-refractivity contribution < 1.29 is 4.79 Å². The summed E-state index contributed by atoms with van der Waals surface area (Å²) in [5.41, 5.74) is 7.15. The molecule has 1 aromatic rings. The van der Waals surface area contributed by atoms with Gasteiger partial charge in [0.25, 0.3) is 0 Å². The summed E-state index contributed by atoms with van der Waals surface area (Å²) in [6.45, 7) is 0. The molecule has 0 saturated heterocycles. The van der Waals surface area contributed by atoms with Crippen molar-refractivity contribution in [3.63, 3.8) is 0 Å². The second kappa shape index (κ2) is 2.41. The number of aliphatic imine (C=N–C) groups is 1. The Morgan fingerprint density at radius 1 is 1.58 bits per heavy atom. The van der Waals surface area contributed by atoms with Crippen molar-refractivity contribution in [2.75, 3.05) is 0 Å². The lowest BCUT2D eigenvalue weighted by molar-refractivity contribution is 0.1000.